The molecule has 1 aliphatic heterocycles. The maximum Gasteiger partial charge on any atom is 0.218 e. The van der Waals surface area contributed by atoms with Crippen LogP contribution in [0.5, 0.6) is 0 Å². The van der Waals surface area contributed by atoms with Gasteiger partial charge in [-0.05, 0) is 12.6 Å². The molecule has 0 spiro atoms. The molecule has 7 heteroatoms. The number of hydrogen-bond acceptors (Lipinski definition) is 4. The van der Waals surface area contributed by atoms with Gasteiger partial charge in [0.05, 0.1) is 11.8 Å². The molecule has 124 valence electrons. The van der Waals surface area contributed by atoms with Gasteiger partial charge in [0.2, 0.25) is 10.0 Å². The molecule has 23 heavy (non-hydrogen) atoms. The fraction of sp³-hybridized carbons (Fsp3) is 0.438. The molecule has 1 fully saturated rings. The summed E-state index contributed by atoms with van der Waals surface area (Å²) in [6, 6.07) is 9.31. The van der Waals surface area contributed by atoms with Gasteiger partial charge < -0.3 is 4.57 Å². The number of imidazole rings is 1. The van der Waals surface area contributed by atoms with Crippen LogP contribution in [0.25, 0.3) is 0 Å². The van der Waals surface area contributed by atoms with Crippen LogP contribution in [0.2, 0.25) is 0 Å². The molecule has 6 nitrogen and oxygen atoms in total. The van der Waals surface area contributed by atoms with Crippen LogP contribution in [-0.2, 0) is 22.8 Å². The molecule has 1 aromatic heterocycles. The van der Waals surface area contributed by atoms with E-state index in [1.165, 1.54) is 0 Å². The van der Waals surface area contributed by atoms with Crippen LogP contribution < -0.4 is 0 Å². The lowest BCUT2D eigenvalue weighted by Gasteiger charge is -2.38. The Morgan fingerprint density at radius 3 is 2.57 bits per heavy atom. The van der Waals surface area contributed by atoms with Crippen molar-refractivity contribution in [3.8, 4) is 0 Å². The third kappa shape index (κ3) is 3.46. The van der Waals surface area contributed by atoms with Crippen LogP contribution in [0.15, 0.2) is 42.7 Å². The average Bonchev–Trinajstić information content (AvgIpc) is 2.94. The molecule has 0 N–H and O–H groups in total. The first-order valence-corrected chi connectivity index (χ1v) is 9.27. The Morgan fingerprint density at radius 1 is 1.17 bits per heavy atom. The molecule has 0 bridgehead atoms. The van der Waals surface area contributed by atoms with Crippen molar-refractivity contribution in [3.63, 3.8) is 0 Å². The normalized spacial score (nSPS) is 20.7. The van der Waals surface area contributed by atoms with E-state index in [1.807, 2.05) is 55.2 Å². The first kappa shape index (κ1) is 16.2. The Hall–Kier alpha value is -1.70. The van der Waals surface area contributed by atoms with Crippen LogP contribution in [0.4, 0.5) is 0 Å². The molecule has 1 aromatic carbocycles. The van der Waals surface area contributed by atoms with E-state index in [4.69, 9.17) is 0 Å². The molecule has 3 rings (SSSR count). The van der Waals surface area contributed by atoms with Gasteiger partial charge in [-0.3, -0.25) is 4.90 Å². The number of rotatable bonds is 4. The number of aryl methyl sites for hydroxylation is 1. The van der Waals surface area contributed by atoms with Crippen molar-refractivity contribution in [1.82, 2.24) is 18.8 Å². The smallest absolute Gasteiger partial charge is 0.218 e. The summed E-state index contributed by atoms with van der Waals surface area (Å²) >= 11 is 0. The van der Waals surface area contributed by atoms with Crippen molar-refractivity contribution in [1.29, 1.82) is 0 Å². The Morgan fingerprint density at radius 2 is 1.91 bits per heavy atom. The Labute approximate surface area is 137 Å². The SMILES string of the molecule is CN1CCN(S(=O)(=O)Cc2ccccc2)CC1c1nccn1C. The zero-order valence-corrected chi connectivity index (χ0v) is 14.3. The Bertz CT molecular complexity index is 757. The summed E-state index contributed by atoms with van der Waals surface area (Å²) in [5.74, 6) is 0.942. The molecule has 1 atom stereocenters. The molecular weight excluding hydrogens is 312 g/mol. The first-order chi connectivity index (χ1) is 11.0. The summed E-state index contributed by atoms with van der Waals surface area (Å²) < 4.78 is 29.0. The summed E-state index contributed by atoms with van der Waals surface area (Å²) in [5, 5.41) is 0. The zero-order valence-electron chi connectivity index (χ0n) is 13.5. The van der Waals surface area contributed by atoms with Crippen molar-refractivity contribution in [2.45, 2.75) is 11.8 Å². The number of sulfonamides is 1. The highest BCUT2D eigenvalue weighted by atomic mass is 32.2. The fourth-order valence-electron chi connectivity index (χ4n) is 2.95. The maximum atomic E-state index is 12.7. The zero-order chi connectivity index (χ0) is 16.4. The molecule has 1 unspecified atom stereocenters. The van der Waals surface area contributed by atoms with Crippen LogP contribution in [0.1, 0.15) is 17.4 Å². The lowest BCUT2D eigenvalue weighted by Crippen LogP contribution is -2.49. The minimum absolute atomic E-state index is 0.0192. The second-order valence-electron chi connectivity index (χ2n) is 5.99. The monoisotopic (exact) mass is 334 g/mol. The minimum atomic E-state index is -3.33. The predicted octanol–water partition coefficient (Wildman–Crippen LogP) is 1.24. The largest absolute Gasteiger partial charge is 0.337 e. The molecule has 2 heterocycles. The molecule has 0 radical (unpaired) electrons. The lowest BCUT2D eigenvalue weighted by atomic mass is 10.2. The Kier molecular flexibility index (Phi) is 4.52. The summed E-state index contributed by atoms with van der Waals surface area (Å²) in [7, 11) is 0.625. The molecule has 0 aliphatic carbocycles. The van der Waals surface area contributed by atoms with Gasteiger partial charge in [-0.1, -0.05) is 30.3 Å². The number of nitrogens with zero attached hydrogens (tertiary/aromatic N) is 4. The number of hydrogen-bond donors (Lipinski definition) is 0. The van der Waals surface area contributed by atoms with Crippen molar-refractivity contribution < 1.29 is 8.42 Å². The highest BCUT2D eigenvalue weighted by molar-refractivity contribution is 7.88. The highest BCUT2D eigenvalue weighted by Gasteiger charge is 2.34. The lowest BCUT2D eigenvalue weighted by molar-refractivity contribution is 0.140. The van der Waals surface area contributed by atoms with Gasteiger partial charge in [-0.25, -0.2) is 13.4 Å². The third-order valence-corrected chi connectivity index (χ3v) is 6.17. The van der Waals surface area contributed by atoms with E-state index in [2.05, 4.69) is 9.88 Å². The van der Waals surface area contributed by atoms with E-state index < -0.39 is 10.0 Å². The van der Waals surface area contributed by atoms with Gasteiger partial charge >= 0.3 is 0 Å². The summed E-state index contributed by atoms with van der Waals surface area (Å²) in [6.07, 6.45) is 3.64. The standard InChI is InChI=1S/C16H22N4O2S/c1-18-10-11-20(12-15(18)16-17-8-9-19(16)2)23(21,22)13-14-6-4-3-5-7-14/h3-9,15H,10-13H2,1-2H3. The highest BCUT2D eigenvalue weighted by Crippen LogP contribution is 2.25. The summed E-state index contributed by atoms with van der Waals surface area (Å²) in [4.78, 5) is 6.55. The molecule has 0 saturated carbocycles. The van der Waals surface area contributed by atoms with Crippen molar-refractivity contribution in [2.24, 2.45) is 7.05 Å². The summed E-state index contributed by atoms with van der Waals surface area (Å²) in [5.41, 5.74) is 0.819. The minimum Gasteiger partial charge on any atom is -0.337 e. The molecule has 2 aromatic rings. The topological polar surface area (TPSA) is 58.4 Å². The third-order valence-electron chi connectivity index (χ3n) is 4.35. The quantitative estimate of drug-likeness (QED) is 0.844. The van der Waals surface area contributed by atoms with E-state index in [1.54, 1.807) is 10.5 Å². The van der Waals surface area contributed by atoms with Gasteiger partial charge in [-0.15, -0.1) is 0 Å². The van der Waals surface area contributed by atoms with Gasteiger partial charge in [-0.2, -0.15) is 4.31 Å². The van der Waals surface area contributed by atoms with Crippen LogP contribution in [-0.4, -0.2) is 53.9 Å². The van der Waals surface area contributed by atoms with E-state index in [9.17, 15) is 8.42 Å². The second kappa shape index (κ2) is 6.43. The molecule has 1 aliphatic rings. The van der Waals surface area contributed by atoms with Crippen LogP contribution >= 0.6 is 0 Å². The molecule has 1 saturated heterocycles. The number of aromatic nitrogens is 2. The number of piperazine rings is 1. The number of likely N-dealkylation sites (N-methyl/N-ethyl adjacent to an activating group) is 1. The maximum absolute atomic E-state index is 12.7. The predicted molar refractivity (Wildman–Crippen MR) is 89.2 cm³/mol. The second-order valence-corrected chi connectivity index (χ2v) is 7.96. The van der Waals surface area contributed by atoms with E-state index in [0.29, 0.717) is 19.6 Å². The summed E-state index contributed by atoms with van der Waals surface area (Å²) in [6.45, 7) is 1.66. The van der Waals surface area contributed by atoms with Gasteiger partial charge in [0.15, 0.2) is 0 Å². The van der Waals surface area contributed by atoms with E-state index >= 15 is 0 Å². The molecular formula is C16H22N4O2S. The fourth-order valence-corrected chi connectivity index (χ4v) is 4.48. The van der Waals surface area contributed by atoms with E-state index in [-0.39, 0.29) is 11.8 Å². The number of benzene rings is 1. The van der Waals surface area contributed by atoms with Crippen molar-refractivity contribution in [3.05, 3.63) is 54.1 Å². The van der Waals surface area contributed by atoms with Crippen molar-refractivity contribution >= 4 is 10.0 Å². The van der Waals surface area contributed by atoms with Gasteiger partial charge in [0.1, 0.15) is 5.82 Å². The Balaban J connectivity index is 1.79. The van der Waals surface area contributed by atoms with Crippen molar-refractivity contribution in [2.75, 3.05) is 26.7 Å². The van der Waals surface area contributed by atoms with Crippen LogP contribution in [0.3, 0.4) is 0 Å². The van der Waals surface area contributed by atoms with Gasteiger partial charge in [0.25, 0.3) is 0 Å². The first-order valence-electron chi connectivity index (χ1n) is 7.66. The van der Waals surface area contributed by atoms with Gasteiger partial charge in [0, 0.05) is 39.1 Å². The van der Waals surface area contributed by atoms with Crippen LogP contribution in [0, 0.1) is 0 Å². The van der Waals surface area contributed by atoms with E-state index in [0.717, 1.165) is 11.4 Å². The molecule has 0 amide bonds. The average molecular weight is 334 g/mol.